The molecule has 0 atom stereocenters. The molecule has 6 rings (SSSR count). The number of hydrogen-bond acceptors (Lipinski definition) is 6. The summed E-state index contributed by atoms with van der Waals surface area (Å²) in [6.45, 7) is 5.11. The van der Waals surface area contributed by atoms with Crippen LogP contribution in [-0.4, -0.2) is 70.7 Å². The predicted molar refractivity (Wildman–Crippen MR) is 129 cm³/mol. The van der Waals surface area contributed by atoms with Gasteiger partial charge in [-0.15, -0.1) is 0 Å². The zero-order chi connectivity index (χ0) is 22.2. The molecule has 0 unspecified atom stereocenters. The number of carbonyl (C=O) groups excluding carboxylic acids is 1. The molecule has 172 valence electrons. The van der Waals surface area contributed by atoms with Crippen molar-refractivity contribution in [2.75, 3.05) is 49.5 Å². The maximum absolute atomic E-state index is 13.2. The van der Waals surface area contributed by atoms with Gasteiger partial charge in [0.15, 0.2) is 5.65 Å². The van der Waals surface area contributed by atoms with Crippen LogP contribution in [0.15, 0.2) is 42.6 Å². The molecule has 3 aliphatic rings. The van der Waals surface area contributed by atoms with Gasteiger partial charge in [0.05, 0.1) is 17.8 Å². The van der Waals surface area contributed by atoms with Crippen LogP contribution in [0.3, 0.4) is 0 Å². The number of hydrogen-bond donors (Lipinski definition) is 2. The van der Waals surface area contributed by atoms with Crippen LogP contribution in [-0.2, 0) is 17.6 Å². The monoisotopic (exact) mass is 445 g/mol. The quantitative estimate of drug-likeness (QED) is 0.639. The maximum atomic E-state index is 13.2. The zero-order valence-corrected chi connectivity index (χ0v) is 18.9. The maximum Gasteiger partial charge on any atom is 0.229 e. The number of likely N-dealkylation sites (tertiary alicyclic amines) is 1. The Kier molecular flexibility index (Phi) is 5.38. The predicted octanol–water partition coefficient (Wildman–Crippen LogP) is 1.96. The van der Waals surface area contributed by atoms with Crippen LogP contribution in [0.2, 0.25) is 0 Å². The van der Waals surface area contributed by atoms with Gasteiger partial charge in [0.25, 0.3) is 0 Å². The van der Waals surface area contributed by atoms with E-state index in [1.165, 1.54) is 11.3 Å². The number of rotatable bonds is 4. The molecule has 8 heteroatoms. The van der Waals surface area contributed by atoms with Gasteiger partial charge in [-0.3, -0.25) is 4.79 Å². The molecule has 3 aromatic rings. The number of amides is 1. The molecule has 8 nitrogen and oxygen atoms in total. The van der Waals surface area contributed by atoms with Crippen LogP contribution in [0.25, 0.3) is 5.65 Å². The lowest BCUT2D eigenvalue weighted by Gasteiger charge is -2.44. The van der Waals surface area contributed by atoms with Crippen LogP contribution < -0.4 is 15.5 Å². The molecule has 0 aliphatic carbocycles. The Balaban J connectivity index is 1.10. The lowest BCUT2D eigenvalue weighted by Crippen LogP contribution is -2.57. The summed E-state index contributed by atoms with van der Waals surface area (Å²) in [5.74, 6) is 1.52. The minimum atomic E-state index is 0.0713. The molecule has 2 fully saturated rings. The molecule has 3 aliphatic heterocycles. The number of aromatic nitrogens is 3. The van der Waals surface area contributed by atoms with Crippen molar-refractivity contribution < 1.29 is 4.79 Å². The van der Waals surface area contributed by atoms with E-state index in [2.05, 4.69) is 49.8 Å². The van der Waals surface area contributed by atoms with E-state index in [0.717, 1.165) is 82.1 Å². The van der Waals surface area contributed by atoms with Gasteiger partial charge < -0.3 is 20.4 Å². The van der Waals surface area contributed by atoms with Gasteiger partial charge >= 0.3 is 0 Å². The van der Waals surface area contributed by atoms with Gasteiger partial charge in [0, 0.05) is 62.5 Å². The average molecular weight is 446 g/mol. The molecule has 2 aromatic heterocycles. The smallest absolute Gasteiger partial charge is 0.229 e. The molecule has 0 radical (unpaired) electrons. The molecule has 0 saturated carbocycles. The minimum absolute atomic E-state index is 0.0713. The molecule has 1 amide bonds. The van der Waals surface area contributed by atoms with E-state index in [1.54, 1.807) is 0 Å². The van der Waals surface area contributed by atoms with E-state index in [0.29, 0.717) is 11.9 Å². The number of benzene rings is 1. The summed E-state index contributed by atoms with van der Waals surface area (Å²) in [4.78, 5) is 22.5. The van der Waals surface area contributed by atoms with Crippen molar-refractivity contribution >= 4 is 23.1 Å². The standard InChI is InChI=1S/C25H31N7O/c33-25(30-14-9-20(10-15-30)28-19-4-2-1-3-5-19)18-16-31(17-18)24-21-6-11-26-12-7-22(21)29-23-8-13-27-32(23)24/h1-5,8,13,18,20,26,28H,6-7,9-12,14-17H2. The van der Waals surface area contributed by atoms with Gasteiger partial charge in [0.2, 0.25) is 5.91 Å². The van der Waals surface area contributed by atoms with Crippen molar-refractivity contribution in [1.82, 2.24) is 24.8 Å². The number of fused-ring (bicyclic) bond motifs is 2. The van der Waals surface area contributed by atoms with E-state index in [9.17, 15) is 4.79 Å². The summed E-state index contributed by atoms with van der Waals surface area (Å²) < 4.78 is 1.96. The number of nitrogens with one attached hydrogen (secondary N) is 2. The van der Waals surface area contributed by atoms with Crippen molar-refractivity contribution in [3.8, 4) is 0 Å². The highest BCUT2D eigenvalue weighted by atomic mass is 16.2. The lowest BCUT2D eigenvalue weighted by molar-refractivity contribution is -0.137. The molecule has 1 aromatic carbocycles. The Bertz CT molecular complexity index is 1130. The first-order valence-corrected chi connectivity index (χ1v) is 12.2. The Labute approximate surface area is 194 Å². The van der Waals surface area contributed by atoms with Crippen LogP contribution in [0, 0.1) is 5.92 Å². The number of piperidine rings is 1. The summed E-state index contributed by atoms with van der Waals surface area (Å²) in [5.41, 5.74) is 4.52. The number of anilines is 2. The van der Waals surface area contributed by atoms with Crippen molar-refractivity contribution in [2.24, 2.45) is 5.92 Å². The summed E-state index contributed by atoms with van der Waals surface area (Å²) in [6.07, 6.45) is 5.70. The third kappa shape index (κ3) is 3.93. The number of nitrogens with zero attached hydrogens (tertiary/aromatic N) is 5. The molecule has 33 heavy (non-hydrogen) atoms. The highest BCUT2D eigenvalue weighted by molar-refractivity contribution is 5.82. The van der Waals surface area contributed by atoms with E-state index in [4.69, 9.17) is 4.98 Å². The second kappa shape index (κ2) is 8.67. The highest BCUT2D eigenvalue weighted by Gasteiger charge is 2.39. The first-order chi connectivity index (χ1) is 16.3. The van der Waals surface area contributed by atoms with E-state index in [1.807, 2.05) is 22.8 Å². The molecular formula is C25H31N7O. The van der Waals surface area contributed by atoms with Gasteiger partial charge in [-0.05, 0) is 37.9 Å². The Morgan fingerprint density at radius 3 is 2.64 bits per heavy atom. The molecule has 0 spiro atoms. The highest BCUT2D eigenvalue weighted by Crippen LogP contribution is 2.32. The minimum Gasteiger partial charge on any atom is -0.382 e. The van der Waals surface area contributed by atoms with Gasteiger partial charge in [-0.2, -0.15) is 9.61 Å². The van der Waals surface area contributed by atoms with E-state index >= 15 is 0 Å². The van der Waals surface area contributed by atoms with Gasteiger partial charge in [0.1, 0.15) is 5.82 Å². The van der Waals surface area contributed by atoms with E-state index in [-0.39, 0.29) is 5.92 Å². The van der Waals surface area contributed by atoms with Crippen LogP contribution in [0.5, 0.6) is 0 Å². The van der Waals surface area contributed by atoms with Crippen molar-refractivity contribution in [1.29, 1.82) is 0 Å². The van der Waals surface area contributed by atoms with Gasteiger partial charge in [-0.1, -0.05) is 18.2 Å². The Hall–Kier alpha value is -3.13. The molecule has 2 saturated heterocycles. The first kappa shape index (κ1) is 20.5. The summed E-state index contributed by atoms with van der Waals surface area (Å²) >= 11 is 0. The third-order valence-corrected chi connectivity index (χ3v) is 7.26. The number of carbonyl (C=O) groups is 1. The second-order valence-electron chi connectivity index (χ2n) is 9.42. The largest absolute Gasteiger partial charge is 0.382 e. The molecule has 5 heterocycles. The SMILES string of the molecule is O=C(C1CN(c2c3c(nc4ccnn24)CCNCC3)C1)N1CCC(Nc2ccccc2)CC1. The lowest BCUT2D eigenvalue weighted by atomic mass is 9.95. The Morgan fingerprint density at radius 1 is 1.03 bits per heavy atom. The van der Waals surface area contributed by atoms with Crippen molar-refractivity contribution in [3.05, 3.63) is 53.9 Å². The second-order valence-corrected chi connectivity index (χ2v) is 9.42. The molecular weight excluding hydrogens is 414 g/mol. The summed E-state index contributed by atoms with van der Waals surface area (Å²) in [7, 11) is 0. The fourth-order valence-corrected chi connectivity index (χ4v) is 5.42. The summed E-state index contributed by atoms with van der Waals surface area (Å²) in [5, 5.41) is 11.6. The van der Waals surface area contributed by atoms with Crippen LogP contribution in [0.4, 0.5) is 11.5 Å². The molecule has 2 N–H and O–H groups in total. The topological polar surface area (TPSA) is 77.8 Å². The van der Waals surface area contributed by atoms with Crippen LogP contribution in [0.1, 0.15) is 24.1 Å². The fraction of sp³-hybridized carbons (Fsp3) is 0.480. The fourth-order valence-electron chi connectivity index (χ4n) is 5.42. The van der Waals surface area contributed by atoms with E-state index < -0.39 is 0 Å². The third-order valence-electron chi connectivity index (χ3n) is 7.26. The molecule has 0 bridgehead atoms. The first-order valence-electron chi connectivity index (χ1n) is 12.2. The number of para-hydroxylation sites is 1. The Morgan fingerprint density at radius 2 is 1.82 bits per heavy atom. The zero-order valence-electron chi connectivity index (χ0n) is 18.9. The normalized spacial score (nSPS) is 19.8. The van der Waals surface area contributed by atoms with Crippen LogP contribution >= 0.6 is 0 Å². The van der Waals surface area contributed by atoms with Gasteiger partial charge in [-0.25, -0.2) is 4.98 Å². The average Bonchev–Trinajstić information content (AvgIpc) is 3.15. The summed E-state index contributed by atoms with van der Waals surface area (Å²) in [6, 6.07) is 12.8. The van der Waals surface area contributed by atoms with Crippen molar-refractivity contribution in [3.63, 3.8) is 0 Å². The van der Waals surface area contributed by atoms with Crippen molar-refractivity contribution in [2.45, 2.75) is 31.7 Å².